The summed E-state index contributed by atoms with van der Waals surface area (Å²) in [6.45, 7) is 2.81. The Morgan fingerprint density at radius 1 is 1.09 bits per heavy atom. The number of nitrogens with one attached hydrogen (secondary N) is 1. The second-order valence-electron chi connectivity index (χ2n) is 7.80. The van der Waals surface area contributed by atoms with Crippen LogP contribution in [0.1, 0.15) is 30.0 Å². The summed E-state index contributed by atoms with van der Waals surface area (Å²) < 4.78 is 65.2. The first-order chi connectivity index (χ1) is 15.8. The number of likely N-dealkylation sites (N-methyl/N-ethyl adjacent to an activating group) is 1. The molecule has 0 aliphatic carbocycles. The molecule has 0 unspecified atom stereocenters. The van der Waals surface area contributed by atoms with E-state index in [1.807, 2.05) is 19.1 Å². The van der Waals surface area contributed by atoms with Crippen LogP contribution in [0, 0.1) is 6.92 Å². The van der Waals surface area contributed by atoms with E-state index in [1.165, 1.54) is 18.0 Å². The molecule has 34 heavy (non-hydrogen) atoms. The van der Waals surface area contributed by atoms with Crippen molar-refractivity contribution in [2.75, 3.05) is 24.2 Å². The van der Waals surface area contributed by atoms with Gasteiger partial charge in [-0.15, -0.1) is 0 Å². The second kappa shape index (κ2) is 10.9. The van der Waals surface area contributed by atoms with Crippen molar-refractivity contribution in [3.05, 3.63) is 65.2 Å². The van der Waals surface area contributed by atoms with Gasteiger partial charge in [-0.2, -0.15) is 13.2 Å². The standard InChI is InChI=1S/C23H28F3N3O4S/c1-5-20(22(31)27-3)28(14-17-10-7-6-9-16(17)2)21(30)15-29(34(4,32)33)19-12-8-11-18(13-19)23(24,25)26/h6-13,20H,5,14-15H2,1-4H3,(H,27,31)/t20-/m0/s1. The van der Waals surface area contributed by atoms with Crippen molar-refractivity contribution in [3.8, 4) is 0 Å². The zero-order valence-electron chi connectivity index (χ0n) is 19.4. The number of rotatable bonds is 9. The van der Waals surface area contributed by atoms with Crippen LogP contribution in [0.25, 0.3) is 0 Å². The molecule has 0 saturated heterocycles. The number of hydrogen-bond acceptors (Lipinski definition) is 4. The molecule has 2 aromatic carbocycles. The fraction of sp³-hybridized carbons (Fsp3) is 0.391. The molecule has 1 atom stereocenters. The number of carbonyl (C=O) groups is 2. The zero-order chi connectivity index (χ0) is 25.7. The summed E-state index contributed by atoms with van der Waals surface area (Å²) in [5, 5.41) is 2.50. The molecule has 0 bridgehead atoms. The van der Waals surface area contributed by atoms with E-state index in [4.69, 9.17) is 0 Å². The van der Waals surface area contributed by atoms with Crippen molar-refractivity contribution in [1.82, 2.24) is 10.2 Å². The van der Waals surface area contributed by atoms with Gasteiger partial charge in [0.15, 0.2) is 0 Å². The SMILES string of the molecule is CC[C@@H](C(=O)NC)N(Cc1ccccc1C)C(=O)CN(c1cccc(C(F)(F)F)c1)S(C)(=O)=O. The van der Waals surface area contributed by atoms with Crippen LogP contribution in [0.2, 0.25) is 0 Å². The molecule has 0 fully saturated rings. The monoisotopic (exact) mass is 499 g/mol. The lowest BCUT2D eigenvalue weighted by Gasteiger charge is -2.33. The summed E-state index contributed by atoms with van der Waals surface area (Å²) in [6, 6.07) is 10.1. The van der Waals surface area contributed by atoms with Gasteiger partial charge >= 0.3 is 6.18 Å². The van der Waals surface area contributed by atoms with Gasteiger partial charge in [0, 0.05) is 13.6 Å². The van der Waals surface area contributed by atoms with Crippen LogP contribution in [-0.4, -0.2) is 51.0 Å². The highest BCUT2D eigenvalue weighted by molar-refractivity contribution is 7.92. The van der Waals surface area contributed by atoms with Gasteiger partial charge in [-0.25, -0.2) is 8.42 Å². The van der Waals surface area contributed by atoms with Crippen molar-refractivity contribution in [3.63, 3.8) is 0 Å². The first kappa shape index (κ1) is 27.2. The largest absolute Gasteiger partial charge is 0.416 e. The van der Waals surface area contributed by atoms with Gasteiger partial charge in [-0.05, 0) is 42.7 Å². The van der Waals surface area contributed by atoms with Gasteiger partial charge in [-0.3, -0.25) is 13.9 Å². The molecular weight excluding hydrogens is 471 g/mol. The third-order valence-corrected chi connectivity index (χ3v) is 6.52. The molecular formula is C23H28F3N3O4S. The van der Waals surface area contributed by atoms with Gasteiger partial charge in [0.2, 0.25) is 21.8 Å². The maximum absolute atomic E-state index is 13.4. The fourth-order valence-electron chi connectivity index (χ4n) is 3.51. The molecule has 186 valence electrons. The second-order valence-corrected chi connectivity index (χ2v) is 9.71. The van der Waals surface area contributed by atoms with Crippen LogP contribution in [0.4, 0.5) is 18.9 Å². The minimum Gasteiger partial charge on any atom is -0.357 e. The number of halogens is 3. The van der Waals surface area contributed by atoms with E-state index in [9.17, 15) is 31.2 Å². The Labute approximate surface area is 197 Å². The normalized spacial score (nSPS) is 12.7. The van der Waals surface area contributed by atoms with E-state index < -0.39 is 46.2 Å². The maximum atomic E-state index is 13.4. The third-order valence-electron chi connectivity index (χ3n) is 5.37. The van der Waals surface area contributed by atoms with Gasteiger partial charge in [0.05, 0.1) is 17.5 Å². The fourth-order valence-corrected chi connectivity index (χ4v) is 4.35. The Morgan fingerprint density at radius 3 is 2.26 bits per heavy atom. The van der Waals surface area contributed by atoms with Gasteiger partial charge in [0.25, 0.3) is 0 Å². The highest BCUT2D eigenvalue weighted by Gasteiger charge is 2.34. The summed E-state index contributed by atoms with van der Waals surface area (Å²) in [7, 11) is -2.71. The lowest BCUT2D eigenvalue weighted by molar-refractivity contribution is -0.140. The minimum atomic E-state index is -4.69. The first-order valence-electron chi connectivity index (χ1n) is 10.5. The molecule has 0 aliphatic heterocycles. The predicted molar refractivity (Wildman–Crippen MR) is 124 cm³/mol. The molecule has 2 aromatic rings. The summed E-state index contributed by atoms with van der Waals surface area (Å²) >= 11 is 0. The van der Waals surface area contributed by atoms with Crippen LogP contribution in [0.15, 0.2) is 48.5 Å². The highest BCUT2D eigenvalue weighted by Crippen LogP contribution is 2.32. The molecule has 2 rings (SSSR count). The summed E-state index contributed by atoms with van der Waals surface area (Å²) in [5.74, 6) is -1.16. The Balaban J connectivity index is 2.49. The molecule has 11 heteroatoms. The van der Waals surface area contributed by atoms with Gasteiger partial charge in [0.1, 0.15) is 12.6 Å². The molecule has 0 aromatic heterocycles. The molecule has 0 heterocycles. The molecule has 0 spiro atoms. The lowest BCUT2D eigenvalue weighted by atomic mass is 10.1. The van der Waals surface area contributed by atoms with Crippen LogP contribution in [0.3, 0.4) is 0 Å². The molecule has 1 N–H and O–H groups in total. The Hall–Kier alpha value is -3.08. The van der Waals surface area contributed by atoms with E-state index in [1.54, 1.807) is 19.1 Å². The number of nitrogens with zero attached hydrogens (tertiary/aromatic N) is 2. The van der Waals surface area contributed by atoms with Gasteiger partial charge in [-0.1, -0.05) is 37.3 Å². The Morgan fingerprint density at radius 2 is 1.74 bits per heavy atom. The number of amides is 2. The molecule has 0 radical (unpaired) electrons. The topological polar surface area (TPSA) is 86.8 Å². The van der Waals surface area contributed by atoms with Crippen molar-refractivity contribution >= 4 is 27.5 Å². The quantitative estimate of drug-likeness (QED) is 0.574. The molecule has 7 nitrogen and oxygen atoms in total. The summed E-state index contributed by atoms with van der Waals surface area (Å²) in [4.78, 5) is 27.2. The van der Waals surface area contributed by atoms with Crippen LogP contribution >= 0.6 is 0 Å². The van der Waals surface area contributed by atoms with E-state index in [2.05, 4.69) is 5.32 Å². The van der Waals surface area contributed by atoms with E-state index in [0.29, 0.717) is 10.4 Å². The number of anilines is 1. The number of sulfonamides is 1. The predicted octanol–water partition coefficient (Wildman–Crippen LogP) is 3.33. The van der Waals surface area contributed by atoms with Crippen LogP contribution in [0.5, 0.6) is 0 Å². The average Bonchev–Trinajstić information content (AvgIpc) is 2.76. The smallest absolute Gasteiger partial charge is 0.357 e. The van der Waals surface area contributed by atoms with E-state index >= 15 is 0 Å². The third kappa shape index (κ3) is 6.72. The molecule has 0 saturated carbocycles. The average molecular weight is 500 g/mol. The minimum absolute atomic E-state index is 0.0254. The van der Waals surface area contributed by atoms with Crippen LogP contribution in [-0.2, 0) is 32.3 Å². The molecule has 0 aliphatic rings. The number of aryl methyl sites for hydroxylation is 1. The summed E-state index contributed by atoms with van der Waals surface area (Å²) in [6.07, 6.45) is -3.63. The van der Waals surface area contributed by atoms with Crippen molar-refractivity contribution in [2.45, 2.75) is 39.0 Å². The van der Waals surface area contributed by atoms with Crippen molar-refractivity contribution in [2.24, 2.45) is 0 Å². The van der Waals surface area contributed by atoms with Gasteiger partial charge < -0.3 is 10.2 Å². The van der Waals surface area contributed by atoms with Crippen molar-refractivity contribution in [1.29, 1.82) is 0 Å². The number of benzene rings is 2. The number of carbonyl (C=O) groups excluding carboxylic acids is 2. The number of hydrogen-bond donors (Lipinski definition) is 1. The maximum Gasteiger partial charge on any atom is 0.416 e. The van der Waals surface area contributed by atoms with E-state index in [0.717, 1.165) is 29.5 Å². The number of alkyl halides is 3. The lowest BCUT2D eigenvalue weighted by Crippen LogP contribution is -2.51. The zero-order valence-corrected chi connectivity index (χ0v) is 20.2. The highest BCUT2D eigenvalue weighted by atomic mass is 32.2. The Bertz CT molecular complexity index is 1140. The van der Waals surface area contributed by atoms with Crippen molar-refractivity contribution < 1.29 is 31.2 Å². The van der Waals surface area contributed by atoms with E-state index in [-0.39, 0.29) is 18.7 Å². The summed E-state index contributed by atoms with van der Waals surface area (Å²) in [5.41, 5.74) is 0.280. The van der Waals surface area contributed by atoms with Crippen LogP contribution < -0.4 is 9.62 Å². The first-order valence-corrected chi connectivity index (χ1v) is 12.3. The molecule has 2 amide bonds. The Kier molecular flexibility index (Phi) is 8.71.